The average molecular weight is 544 g/mol. The summed E-state index contributed by atoms with van der Waals surface area (Å²) in [5.74, 6) is -0.104. The van der Waals surface area contributed by atoms with Gasteiger partial charge in [0, 0.05) is 5.56 Å². The van der Waals surface area contributed by atoms with Crippen LogP contribution in [0.1, 0.15) is 48.5 Å². The predicted molar refractivity (Wildman–Crippen MR) is 155 cm³/mol. The summed E-state index contributed by atoms with van der Waals surface area (Å²) in [6.45, 7) is 1.54. The summed E-state index contributed by atoms with van der Waals surface area (Å²) in [6.07, 6.45) is 2.27. The molecule has 6 heteroatoms. The van der Waals surface area contributed by atoms with Crippen LogP contribution in [0.25, 0.3) is 22.3 Å². The summed E-state index contributed by atoms with van der Waals surface area (Å²) in [5.41, 5.74) is 5.14. The second-order valence-electron chi connectivity index (χ2n) is 10.3. The van der Waals surface area contributed by atoms with Crippen molar-refractivity contribution in [2.75, 3.05) is 0 Å². The fraction of sp³-hybridized carbons (Fsp3) is 0.200. The number of hydrogen-bond donors (Lipinski definition) is 0. The fourth-order valence-electron chi connectivity index (χ4n) is 5.03. The van der Waals surface area contributed by atoms with E-state index >= 15 is 0 Å². The van der Waals surface area contributed by atoms with Gasteiger partial charge < -0.3 is 9.47 Å². The Labute approximate surface area is 239 Å². The Morgan fingerprint density at radius 1 is 0.585 bits per heavy atom. The lowest BCUT2D eigenvalue weighted by Gasteiger charge is -2.25. The zero-order chi connectivity index (χ0) is 28.8. The molecular formula is C35H29NO5. The maximum atomic E-state index is 12.8. The lowest BCUT2D eigenvalue weighted by Crippen LogP contribution is -2.30. The SMILES string of the molecule is CC(=O)c1ccc(-c2ccc(OC(=O)C3CCC(C(=O)Oc4ccc(-c5ccc(C#N)cc5)cc4)CC3)cc2)cc1. The fourth-order valence-corrected chi connectivity index (χ4v) is 5.03. The molecule has 0 aromatic heterocycles. The van der Waals surface area contributed by atoms with E-state index in [0.717, 1.165) is 22.3 Å². The van der Waals surface area contributed by atoms with Crippen molar-refractivity contribution in [1.82, 2.24) is 0 Å². The molecule has 0 heterocycles. The quantitative estimate of drug-likeness (QED) is 0.137. The van der Waals surface area contributed by atoms with E-state index in [4.69, 9.17) is 14.7 Å². The molecule has 4 aromatic rings. The minimum absolute atomic E-state index is 0.0244. The third-order valence-corrected chi connectivity index (χ3v) is 7.51. The Bertz CT molecular complexity index is 1570. The Morgan fingerprint density at radius 3 is 1.27 bits per heavy atom. The van der Waals surface area contributed by atoms with Crippen molar-refractivity contribution in [2.45, 2.75) is 32.6 Å². The molecule has 1 aliphatic rings. The summed E-state index contributed by atoms with van der Waals surface area (Å²) >= 11 is 0. The van der Waals surface area contributed by atoms with Gasteiger partial charge in [0.2, 0.25) is 0 Å². The van der Waals surface area contributed by atoms with Gasteiger partial charge in [0.15, 0.2) is 5.78 Å². The van der Waals surface area contributed by atoms with E-state index in [9.17, 15) is 14.4 Å². The van der Waals surface area contributed by atoms with Crippen molar-refractivity contribution in [3.8, 4) is 39.8 Å². The number of carbonyl (C=O) groups is 3. The number of ketones is 1. The third kappa shape index (κ3) is 6.77. The van der Waals surface area contributed by atoms with E-state index in [-0.39, 0.29) is 29.6 Å². The normalized spacial score (nSPS) is 16.3. The van der Waals surface area contributed by atoms with Crippen molar-refractivity contribution in [1.29, 1.82) is 5.26 Å². The number of hydrogen-bond acceptors (Lipinski definition) is 6. The van der Waals surface area contributed by atoms with Crippen molar-refractivity contribution in [2.24, 2.45) is 11.8 Å². The second-order valence-corrected chi connectivity index (χ2v) is 10.3. The monoisotopic (exact) mass is 543 g/mol. The van der Waals surface area contributed by atoms with E-state index in [1.54, 1.807) is 48.5 Å². The summed E-state index contributed by atoms with van der Waals surface area (Å²) in [4.78, 5) is 37.0. The van der Waals surface area contributed by atoms with E-state index < -0.39 is 0 Å². The molecule has 1 saturated carbocycles. The van der Waals surface area contributed by atoms with Crippen LogP contribution >= 0.6 is 0 Å². The Balaban J connectivity index is 1.09. The number of nitrogens with zero attached hydrogens (tertiary/aromatic N) is 1. The maximum Gasteiger partial charge on any atom is 0.314 e. The molecule has 0 N–H and O–H groups in total. The molecule has 0 spiro atoms. The Kier molecular flexibility index (Phi) is 8.36. The lowest BCUT2D eigenvalue weighted by molar-refractivity contribution is -0.145. The smallest absolute Gasteiger partial charge is 0.314 e. The van der Waals surface area contributed by atoms with Crippen LogP contribution in [0.2, 0.25) is 0 Å². The first-order valence-corrected chi connectivity index (χ1v) is 13.6. The number of carbonyl (C=O) groups excluding carboxylic acids is 3. The van der Waals surface area contributed by atoms with Gasteiger partial charge in [-0.3, -0.25) is 14.4 Å². The number of benzene rings is 4. The molecule has 4 aromatic carbocycles. The van der Waals surface area contributed by atoms with Crippen molar-refractivity contribution in [3.63, 3.8) is 0 Å². The highest BCUT2D eigenvalue weighted by molar-refractivity contribution is 5.94. The molecule has 0 saturated heterocycles. The van der Waals surface area contributed by atoms with Crippen molar-refractivity contribution in [3.05, 3.63) is 108 Å². The van der Waals surface area contributed by atoms with E-state index in [1.807, 2.05) is 48.5 Å². The van der Waals surface area contributed by atoms with Crippen LogP contribution in [0.3, 0.4) is 0 Å². The largest absolute Gasteiger partial charge is 0.426 e. The molecule has 0 amide bonds. The summed E-state index contributed by atoms with van der Waals surface area (Å²) in [5, 5.41) is 8.96. The van der Waals surface area contributed by atoms with Gasteiger partial charge in [-0.25, -0.2) is 0 Å². The number of nitriles is 1. The summed E-state index contributed by atoms with van der Waals surface area (Å²) in [7, 11) is 0. The van der Waals surface area contributed by atoms with Gasteiger partial charge in [-0.15, -0.1) is 0 Å². The average Bonchev–Trinajstić information content (AvgIpc) is 3.02. The number of rotatable bonds is 7. The number of ether oxygens (including phenoxy) is 2. The molecule has 1 aliphatic carbocycles. The van der Waals surface area contributed by atoms with E-state index in [2.05, 4.69) is 6.07 Å². The molecule has 0 bridgehead atoms. The topological polar surface area (TPSA) is 93.5 Å². The minimum atomic E-state index is -0.284. The van der Waals surface area contributed by atoms with Gasteiger partial charge in [-0.05, 0) is 91.3 Å². The van der Waals surface area contributed by atoms with Crippen LogP contribution in [0, 0.1) is 23.2 Å². The summed E-state index contributed by atoms with van der Waals surface area (Å²) in [6, 6.07) is 31.4. The van der Waals surface area contributed by atoms with Crippen molar-refractivity contribution < 1.29 is 23.9 Å². The highest BCUT2D eigenvalue weighted by Gasteiger charge is 2.32. The highest BCUT2D eigenvalue weighted by atomic mass is 16.5. The van der Waals surface area contributed by atoms with Gasteiger partial charge in [-0.1, -0.05) is 60.7 Å². The maximum absolute atomic E-state index is 12.8. The lowest BCUT2D eigenvalue weighted by atomic mass is 9.82. The molecule has 204 valence electrons. The van der Waals surface area contributed by atoms with Crippen LogP contribution in [-0.4, -0.2) is 17.7 Å². The molecule has 0 unspecified atom stereocenters. The van der Waals surface area contributed by atoms with Crippen LogP contribution in [0.5, 0.6) is 11.5 Å². The number of Topliss-reactive ketones (excluding diaryl/α,β-unsaturated/α-hetero) is 1. The van der Waals surface area contributed by atoms with Gasteiger partial charge >= 0.3 is 11.9 Å². The van der Waals surface area contributed by atoms with Gasteiger partial charge in [0.05, 0.1) is 23.5 Å². The predicted octanol–water partition coefficient (Wildman–Crippen LogP) is 7.41. The molecule has 0 atom stereocenters. The standard InChI is InChI=1S/C35H29NO5/c1-23(37)25-6-8-27(9-7-25)29-16-20-33(21-17-29)41-35(39)31-12-10-30(11-13-31)34(38)40-32-18-14-28(15-19-32)26-4-2-24(22-36)3-5-26/h2-9,14-21,30-31H,10-13H2,1H3. The first-order valence-electron chi connectivity index (χ1n) is 13.6. The molecule has 0 aliphatic heterocycles. The Hall–Kier alpha value is -5.02. The van der Waals surface area contributed by atoms with Gasteiger partial charge in [0.25, 0.3) is 0 Å². The molecule has 0 radical (unpaired) electrons. The first kappa shape index (κ1) is 27.5. The molecule has 1 fully saturated rings. The minimum Gasteiger partial charge on any atom is -0.426 e. The summed E-state index contributed by atoms with van der Waals surface area (Å²) < 4.78 is 11.3. The number of esters is 2. The van der Waals surface area contributed by atoms with Crippen LogP contribution < -0.4 is 9.47 Å². The van der Waals surface area contributed by atoms with E-state index in [0.29, 0.717) is 48.3 Å². The highest BCUT2D eigenvalue weighted by Crippen LogP contribution is 2.32. The third-order valence-electron chi connectivity index (χ3n) is 7.51. The van der Waals surface area contributed by atoms with Crippen LogP contribution in [-0.2, 0) is 9.59 Å². The molecule has 5 rings (SSSR count). The van der Waals surface area contributed by atoms with Crippen LogP contribution in [0.15, 0.2) is 97.1 Å². The van der Waals surface area contributed by atoms with Crippen LogP contribution in [0.4, 0.5) is 0 Å². The zero-order valence-electron chi connectivity index (χ0n) is 22.7. The Morgan fingerprint density at radius 2 is 0.927 bits per heavy atom. The zero-order valence-corrected chi connectivity index (χ0v) is 22.7. The molecular weight excluding hydrogens is 514 g/mol. The second kappa shape index (κ2) is 12.4. The molecule has 41 heavy (non-hydrogen) atoms. The van der Waals surface area contributed by atoms with E-state index in [1.165, 1.54) is 6.92 Å². The van der Waals surface area contributed by atoms with Crippen molar-refractivity contribution >= 4 is 17.7 Å². The molecule has 6 nitrogen and oxygen atoms in total. The first-order chi connectivity index (χ1) is 19.9. The van der Waals surface area contributed by atoms with Gasteiger partial charge in [-0.2, -0.15) is 5.26 Å². The van der Waals surface area contributed by atoms with Gasteiger partial charge in [0.1, 0.15) is 11.5 Å².